The summed E-state index contributed by atoms with van der Waals surface area (Å²) in [6.45, 7) is 0. The lowest BCUT2D eigenvalue weighted by molar-refractivity contribution is -0.113. The molecule has 0 aliphatic heterocycles. The van der Waals surface area contributed by atoms with Gasteiger partial charge < -0.3 is 21.7 Å². The van der Waals surface area contributed by atoms with Gasteiger partial charge in [0, 0.05) is 29.8 Å². The molecule has 0 aliphatic carbocycles. The molecule has 3 aromatic rings. The zero-order chi connectivity index (χ0) is 19.9. The van der Waals surface area contributed by atoms with Crippen molar-refractivity contribution in [1.82, 2.24) is 9.97 Å². The summed E-state index contributed by atoms with van der Waals surface area (Å²) in [5.74, 6) is -0.864. The summed E-state index contributed by atoms with van der Waals surface area (Å²) in [5.41, 5.74) is 12.3. The molecular formula is C20H18N6O2. The minimum Gasteiger partial charge on any atom is -0.366 e. The van der Waals surface area contributed by atoms with E-state index in [1.807, 2.05) is 48.5 Å². The second-order valence-corrected chi connectivity index (χ2v) is 5.71. The van der Waals surface area contributed by atoms with Crippen molar-refractivity contribution in [2.45, 2.75) is 0 Å². The highest BCUT2D eigenvalue weighted by molar-refractivity contribution is 5.99. The van der Waals surface area contributed by atoms with Gasteiger partial charge in [-0.15, -0.1) is 0 Å². The Kier molecular flexibility index (Phi) is 5.61. The third-order valence-corrected chi connectivity index (χ3v) is 3.71. The van der Waals surface area contributed by atoms with Crippen LogP contribution < -0.4 is 21.7 Å². The van der Waals surface area contributed by atoms with Gasteiger partial charge in [0.15, 0.2) is 5.82 Å². The second-order valence-electron chi connectivity index (χ2n) is 5.71. The summed E-state index contributed by atoms with van der Waals surface area (Å²) in [6, 6.07) is 18.4. The molecule has 0 saturated heterocycles. The summed E-state index contributed by atoms with van der Waals surface area (Å²) < 4.78 is 0. The number of amides is 2. The summed E-state index contributed by atoms with van der Waals surface area (Å²) >= 11 is 0. The molecule has 0 radical (unpaired) electrons. The van der Waals surface area contributed by atoms with Crippen LogP contribution in [0.5, 0.6) is 0 Å². The Morgan fingerprint density at radius 3 is 2.21 bits per heavy atom. The fourth-order valence-corrected chi connectivity index (χ4v) is 2.46. The first-order valence-electron chi connectivity index (χ1n) is 8.35. The molecule has 1 heterocycles. The van der Waals surface area contributed by atoms with E-state index in [1.165, 1.54) is 18.5 Å². The molecule has 3 rings (SSSR count). The van der Waals surface area contributed by atoms with Crippen LogP contribution in [0.3, 0.4) is 0 Å². The number of aromatic nitrogens is 2. The number of carbonyl (C=O) groups is 2. The summed E-state index contributed by atoms with van der Waals surface area (Å²) in [5, 5.41) is 3.06. The van der Waals surface area contributed by atoms with E-state index in [0.29, 0.717) is 5.69 Å². The summed E-state index contributed by atoms with van der Waals surface area (Å²) in [7, 11) is 0. The summed E-state index contributed by atoms with van der Waals surface area (Å²) in [4.78, 5) is 33.4. The fraction of sp³-hybridized carbons (Fsp3) is 0. The van der Waals surface area contributed by atoms with Gasteiger partial charge in [-0.2, -0.15) is 4.98 Å². The van der Waals surface area contributed by atoms with Gasteiger partial charge in [0.2, 0.25) is 11.9 Å². The molecule has 8 nitrogen and oxygen atoms in total. The Balaban J connectivity index is 2.09. The van der Waals surface area contributed by atoms with E-state index in [1.54, 1.807) is 17.0 Å². The van der Waals surface area contributed by atoms with E-state index >= 15 is 0 Å². The van der Waals surface area contributed by atoms with Gasteiger partial charge in [0.05, 0.1) is 0 Å². The van der Waals surface area contributed by atoms with Crippen molar-refractivity contribution in [2.75, 3.05) is 10.2 Å². The third kappa shape index (κ3) is 4.50. The Morgan fingerprint density at radius 1 is 0.964 bits per heavy atom. The van der Waals surface area contributed by atoms with Crippen LogP contribution in [0.4, 0.5) is 23.1 Å². The van der Waals surface area contributed by atoms with E-state index in [-0.39, 0.29) is 17.3 Å². The number of hydrogen-bond acceptors (Lipinski definition) is 6. The first kappa shape index (κ1) is 18.6. The van der Waals surface area contributed by atoms with Gasteiger partial charge >= 0.3 is 0 Å². The topological polar surface area (TPSA) is 127 Å². The van der Waals surface area contributed by atoms with Crippen LogP contribution in [0, 0.1) is 0 Å². The van der Waals surface area contributed by atoms with Crippen LogP contribution >= 0.6 is 0 Å². The number of nitrogens with zero attached hydrogens (tertiary/aromatic N) is 3. The second kappa shape index (κ2) is 8.45. The predicted molar refractivity (Wildman–Crippen MR) is 107 cm³/mol. The van der Waals surface area contributed by atoms with Gasteiger partial charge in [0.1, 0.15) is 5.56 Å². The molecule has 0 spiro atoms. The van der Waals surface area contributed by atoms with Crippen LogP contribution in [0.15, 0.2) is 79.1 Å². The number of anilines is 4. The van der Waals surface area contributed by atoms with Crippen molar-refractivity contribution < 1.29 is 9.59 Å². The van der Waals surface area contributed by atoms with Crippen molar-refractivity contribution in [1.29, 1.82) is 0 Å². The van der Waals surface area contributed by atoms with Crippen LogP contribution in [0.25, 0.3) is 0 Å². The molecule has 1 aromatic heterocycles. The first-order chi connectivity index (χ1) is 13.5. The number of rotatable bonds is 7. The number of primary amides is 2. The molecule has 0 fully saturated rings. The van der Waals surface area contributed by atoms with Crippen molar-refractivity contribution in [3.63, 3.8) is 0 Å². The molecule has 0 unspecified atom stereocenters. The normalized spacial score (nSPS) is 10.6. The Labute approximate surface area is 161 Å². The lowest BCUT2D eigenvalue weighted by Gasteiger charge is -2.22. The molecule has 0 bridgehead atoms. The van der Waals surface area contributed by atoms with Crippen molar-refractivity contribution in [3.8, 4) is 0 Å². The number of hydrogen-bond donors (Lipinski definition) is 3. The predicted octanol–water partition coefficient (Wildman–Crippen LogP) is 2.46. The third-order valence-electron chi connectivity index (χ3n) is 3.71. The van der Waals surface area contributed by atoms with Crippen LogP contribution in [-0.2, 0) is 4.79 Å². The van der Waals surface area contributed by atoms with E-state index in [0.717, 1.165) is 5.69 Å². The minimum absolute atomic E-state index is 0.0941. The Bertz CT molecular complexity index is 1010. The van der Waals surface area contributed by atoms with E-state index in [9.17, 15) is 9.59 Å². The van der Waals surface area contributed by atoms with Gasteiger partial charge in [-0.05, 0) is 24.3 Å². The van der Waals surface area contributed by atoms with E-state index in [2.05, 4.69) is 15.3 Å². The smallest absolute Gasteiger partial charge is 0.254 e. The SMILES string of the molecule is NC(=O)C=CN(c1ccccc1)c1nc(Nc2ccccc2)ncc1C(N)=O. The standard InChI is InChI=1S/C20H18N6O2/c21-17(27)11-12-26(15-9-5-2-6-10-15)19-16(18(22)28)13-23-20(25-19)24-14-7-3-1-4-8-14/h1-13H,(H2,21,27)(H2,22,28)(H,23,24,25). The van der Waals surface area contributed by atoms with Gasteiger partial charge in [-0.1, -0.05) is 36.4 Å². The monoisotopic (exact) mass is 374 g/mol. The Hall–Kier alpha value is -4.20. The quantitative estimate of drug-likeness (QED) is 0.545. The first-order valence-corrected chi connectivity index (χ1v) is 8.35. The van der Waals surface area contributed by atoms with Crippen molar-refractivity contribution in [3.05, 3.63) is 84.7 Å². The van der Waals surface area contributed by atoms with E-state index < -0.39 is 11.8 Å². The molecule has 140 valence electrons. The van der Waals surface area contributed by atoms with Crippen LogP contribution in [0.2, 0.25) is 0 Å². The fourth-order valence-electron chi connectivity index (χ4n) is 2.46. The highest BCUT2D eigenvalue weighted by Gasteiger charge is 2.19. The maximum absolute atomic E-state index is 11.9. The minimum atomic E-state index is -0.699. The molecule has 0 aliphatic rings. The zero-order valence-electron chi connectivity index (χ0n) is 14.8. The number of benzene rings is 2. The lowest BCUT2D eigenvalue weighted by Crippen LogP contribution is -2.21. The van der Waals surface area contributed by atoms with Crippen molar-refractivity contribution >= 4 is 35.0 Å². The Morgan fingerprint density at radius 2 is 1.61 bits per heavy atom. The average molecular weight is 374 g/mol. The maximum Gasteiger partial charge on any atom is 0.254 e. The molecule has 2 amide bonds. The van der Waals surface area contributed by atoms with Gasteiger partial charge in [-0.3, -0.25) is 9.59 Å². The van der Waals surface area contributed by atoms with E-state index in [4.69, 9.17) is 11.5 Å². The van der Waals surface area contributed by atoms with Crippen LogP contribution in [0.1, 0.15) is 10.4 Å². The average Bonchev–Trinajstić information content (AvgIpc) is 2.69. The highest BCUT2D eigenvalue weighted by Crippen LogP contribution is 2.28. The number of nitrogens with one attached hydrogen (secondary N) is 1. The zero-order valence-corrected chi connectivity index (χ0v) is 14.8. The number of para-hydroxylation sites is 2. The molecule has 2 aromatic carbocycles. The molecule has 0 saturated carbocycles. The largest absolute Gasteiger partial charge is 0.366 e. The number of nitrogens with two attached hydrogens (primary N) is 2. The summed E-state index contributed by atoms with van der Waals surface area (Å²) in [6.07, 6.45) is 3.94. The lowest BCUT2D eigenvalue weighted by atomic mass is 10.2. The van der Waals surface area contributed by atoms with Gasteiger partial charge in [0.25, 0.3) is 5.91 Å². The highest BCUT2D eigenvalue weighted by atomic mass is 16.1. The van der Waals surface area contributed by atoms with Gasteiger partial charge in [-0.25, -0.2) is 4.98 Å². The molecule has 8 heteroatoms. The number of carbonyl (C=O) groups excluding carboxylic acids is 2. The molecule has 5 N–H and O–H groups in total. The molecular weight excluding hydrogens is 356 g/mol. The molecule has 0 atom stereocenters. The maximum atomic E-state index is 11.9. The molecule has 28 heavy (non-hydrogen) atoms. The van der Waals surface area contributed by atoms with Crippen LogP contribution in [-0.4, -0.2) is 21.8 Å². The van der Waals surface area contributed by atoms with Crippen molar-refractivity contribution in [2.24, 2.45) is 11.5 Å².